The van der Waals surface area contributed by atoms with Gasteiger partial charge in [-0.05, 0) is 76.7 Å². The summed E-state index contributed by atoms with van der Waals surface area (Å²) in [4.78, 5) is 84.9. The van der Waals surface area contributed by atoms with E-state index >= 15 is 4.79 Å². The van der Waals surface area contributed by atoms with E-state index in [0.717, 1.165) is 26.2 Å². The minimum atomic E-state index is -1.98. The van der Waals surface area contributed by atoms with Crippen molar-refractivity contribution in [1.82, 2.24) is 25.3 Å². The summed E-state index contributed by atoms with van der Waals surface area (Å²) < 4.78 is 19.3. The quantitative estimate of drug-likeness (QED) is 0.127. The van der Waals surface area contributed by atoms with Crippen LogP contribution in [0.5, 0.6) is 11.5 Å². The van der Waals surface area contributed by atoms with Crippen molar-refractivity contribution in [2.75, 3.05) is 52.4 Å². The molecule has 5 bridgehead atoms. The highest BCUT2D eigenvalue weighted by Gasteiger charge is 2.55. The Morgan fingerprint density at radius 2 is 1.54 bits per heavy atom. The molecule has 2 aliphatic carbocycles. The predicted molar refractivity (Wildman–Crippen MR) is 297 cm³/mol. The van der Waals surface area contributed by atoms with Gasteiger partial charge in [0.25, 0.3) is 11.7 Å². The first-order valence-electron chi connectivity index (χ1n) is 29.0. The van der Waals surface area contributed by atoms with Crippen molar-refractivity contribution in [3.05, 3.63) is 69.8 Å². The first-order chi connectivity index (χ1) is 36.8. The Hall–Kier alpha value is -5.36. The van der Waals surface area contributed by atoms with Crippen LogP contribution in [-0.2, 0) is 23.9 Å². The maximum Gasteiger partial charge on any atom is 0.321 e. The standard InChI is InChI=1S/C61H88N6O11/c1-13-42-22-31-76-60(12)55(72)45-43-44(51(70)40(9)54(45)78-60)52(71)48(47-46(43)63-61(64-47)23-25-65(26-24-61)32-34(2)3)62-56(73)36(5)19-17-18-35(4)49(68)38(7)50(69)39(8)53(37(42)6)77-58(75)59(10,11)57(74)67-29-27-66(28-30-67)33-41-20-15-14-16-21-41/h17-19,22,31,34-35,37-39,41-42,49-50,53,64,68-70H,13-16,20-21,23-30,32-33H2,1-12H3,(H,62,73)/b18-17+,31-22+,36-19-/t35-,37+,38+,39+,42-,49-,50+,53+,60-/m0/s1. The number of esters is 1. The molecule has 1 aromatic carbocycles. The van der Waals surface area contributed by atoms with Crippen LogP contribution in [0.25, 0.3) is 0 Å². The number of nitrogens with zero attached hydrogens (tertiary/aromatic N) is 4. The van der Waals surface area contributed by atoms with Gasteiger partial charge in [-0.3, -0.25) is 33.9 Å². The van der Waals surface area contributed by atoms with Crippen LogP contribution in [-0.4, -0.2) is 147 Å². The number of hydrogen-bond acceptors (Lipinski definition) is 15. The van der Waals surface area contributed by atoms with Gasteiger partial charge in [-0.2, -0.15) is 0 Å². The van der Waals surface area contributed by atoms with Crippen LogP contribution in [0.1, 0.15) is 159 Å². The van der Waals surface area contributed by atoms with Gasteiger partial charge in [0, 0.05) is 107 Å². The molecular weight excluding hydrogens is 993 g/mol. The fourth-order valence-corrected chi connectivity index (χ4v) is 13.0. The van der Waals surface area contributed by atoms with Gasteiger partial charge in [0.1, 0.15) is 34.4 Å². The number of aliphatic hydroxyl groups excluding tert-OH is 2. The second-order valence-corrected chi connectivity index (χ2v) is 24.9. The smallest absolute Gasteiger partial charge is 0.321 e. The highest BCUT2D eigenvalue weighted by molar-refractivity contribution is 6.34. The minimum absolute atomic E-state index is 0.0250. The number of phenolic OH excluding ortho intramolecular Hbond substituents is 1. The lowest BCUT2D eigenvalue weighted by Gasteiger charge is -2.41. The number of aliphatic hydroxyl groups is 2. The molecule has 6 aliphatic heterocycles. The number of rotatable bonds is 8. The molecular formula is C61H88N6O11. The van der Waals surface area contributed by atoms with Crippen LogP contribution >= 0.6 is 0 Å². The zero-order valence-corrected chi connectivity index (χ0v) is 48.4. The number of aromatic hydroxyl groups is 1. The van der Waals surface area contributed by atoms with E-state index in [1.54, 1.807) is 77.7 Å². The lowest BCUT2D eigenvalue weighted by Crippen LogP contribution is -2.55. The lowest BCUT2D eigenvalue weighted by molar-refractivity contribution is -0.176. The Labute approximate surface area is 462 Å². The maximum atomic E-state index is 15.1. The molecule has 1 spiro atoms. The van der Waals surface area contributed by atoms with Crippen LogP contribution in [0, 0.1) is 53.8 Å². The third-order valence-electron chi connectivity index (χ3n) is 18.3. The second kappa shape index (κ2) is 23.4. The number of carbonyl (C=O) groups is 5. The zero-order valence-electron chi connectivity index (χ0n) is 48.4. The van der Waals surface area contributed by atoms with E-state index in [0.29, 0.717) is 57.3 Å². The van der Waals surface area contributed by atoms with Crippen molar-refractivity contribution in [3.8, 4) is 11.5 Å². The zero-order chi connectivity index (χ0) is 56.8. The third-order valence-corrected chi connectivity index (χ3v) is 18.3. The van der Waals surface area contributed by atoms with Gasteiger partial charge in [-0.25, -0.2) is 0 Å². The Morgan fingerprint density at radius 3 is 2.18 bits per heavy atom. The van der Waals surface area contributed by atoms with Crippen LogP contribution < -0.4 is 15.4 Å². The molecule has 17 nitrogen and oxygen atoms in total. The Balaban J connectivity index is 1.13. The number of hydrogen-bond donors (Lipinski definition) is 5. The highest BCUT2D eigenvalue weighted by atomic mass is 16.7. The first kappa shape index (κ1) is 58.8. The van der Waals surface area contributed by atoms with Gasteiger partial charge in [0.05, 0.1) is 41.0 Å². The molecule has 3 fully saturated rings. The summed E-state index contributed by atoms with van der Waals surface area (Å²) in [5.41, 5.74) is -1.75. The number of ether oxygens (including phenoxy) is 3. The SMILES string of the molecule is CC[C@H]1/C=C/O[C@@]2(C)Oc3c(C)c(O)c4c(c3C2=O)C2=NC3(CCN(CC(C)C)CC3)NC2=C(NC(=O)/C(C)=C\C=C\[C@H](C)[C@H](O)[C@@H](C)[C@@H](O)[C@@H](C)[C@H](OC(=O)C(C)(C)C(=O)N2CCN(CC3CCCCC3)CC2)[C@@H]1C)C4=O. The number of benzene rings is 1. The average molecular weight is 1080 g/mol. The normalized spacial score (nSPS) is 32.1. The Morgan fingerprint density at radius 1 is 0.872 bits per heavy atom. The number of piperazine rings is 1. The van der Waals surface area contributed by atoms with Crippen molar-refractivity contribution in [3.63, 3.8) is 0 Å². The number of Topliss-reactive ketones (excluding diaryl/α,β-unsaturated/α-hetero) is 2. The van der Waals surface area contributed by atoms with E-state index in [1.165, 1.54) is 45.3 Å². The van der Waals surface area contributed by atoms with Crippen LogP contribution in [0.3, 0.4) is 0 Å². The number of amides is 2. The van der Waals surface area contributed by atoms with Crippen LogP contribution in [0.2, 0.25) is 0 Å². The third kappa shape index (κ3) is 11.5. The number of phenols is 1. The van der Waals surface area contributed by atoms with Gasteiger partial charge in [0.15, 0.2) is 0 Å². The molecule has 5 N–H and O–H groups in total. The van der Waals surface area contributed by atoms with Crippen molar-refractivity contribution < 1.29 is 53.5 Å². The van der Waals surface area contributed by atoms with Gasteiger partial charge >= 0.3 is 11.8 Å². The van der Waals surface area contributed by atoms with E-state index < -0.39 is 94.0 Å². The molecule has 6 heterocycles. The van der Waals surface area contributed by atoms with Gasteiger partial charge < -0.3 is 50.0 Å². The molecule has 1 aromatic rings. The number of nitrogens with one attached hydrogen (secondary N) is 2. The molecule has 9 atom stereocenters. The van der Waals surface area contributed by atoms with E-state index in [4.69, 9.17) is 19.2 Å². The van der Waals surface area contributed by atoms with E-state index in [-0.39, 0.29) is 56.6 Å². The Bertz CT molecular complexity index is 2650. The van der Waals surface area contributed by atoms with Gasteiger partial charge in [-0.1, -0.05) is 86.0 Å². The van der Waals surface area contributed by atoms with E-state index in [9.17, 15) is 34.5 Å². The lowest BCUT2D eigenvalue weighted by atomic mass is 9.76. The summed E-state index contributed by atoms with van der Waals surface area (Å²) in [6.45, 7) is 27.2. The minimum Gasteiger partial charge on any atom is -0.507 e. The molecule has 1 saturated carbocycles. The number of likely N-dealkylation sites (tertiary alicyclic amines) is 1. The van der Waals surface area contributed by atoms with Crippen LogP contribution in [0.15, 0.2) is 52.5 Å². The summed E-state index contributed by atoms with van der Waals surface area (Å²) in [7, 11) is 0. The topological polar surface area (TPSA) is 220 Å². The fraction of sp³-hybridized carbons (Fsp3) is 0.672. The van der Waals surface area contributed by atoms with Crippen molar-refractivity contribution in [2.24, 2.45) is 51.8 Å². The molecule has 2 amide bonds. The van der Waals surface area contributed by atoms with Gasteiger partial charge in [-0.15, -0.1) is 0 Å². The number of fused-ring (bicyclic) bond motifs is 13. The monoisotopic (exact) mass is 1080 g/mol. The number of allylic oxidation sites excluding steroid dienone is 5. The molecule has 9 rings (SSSR count). The van der Waals surface area contributed by atoms with E-state index in [2.05, 4.69) is 34.3 Å². The summed E-state index contributed by atoms with van der Waals surface area (Å²) in [6, 6.07) is 0. The predicted octanol–water partition coefficient (Wildman–Crippen LogP) is 7.36. The second-order valence-electron chi connectivity index (χ2n) is 24.9. The van der Waals surface area contributed by atoms with Crippen molar-refractivity contribution in [2.45, 2.75) is 164 Å². The molecule has 2 saturated heterocycles. The first-order valence-corrected chi connectivity index (χ1v) is 29.0. The molecule has 8 aliphatic rings. The number of ketones is 2. The molecule has 0 unspecified atom stereocenters. The summed E-state index contributed by atoms with van der Waals surface area (Å²) in [5.74, 6) is -7.11. The molecule has 0 radical (unpaired) electrons. The Kier molecular flexibility index (Phi) is 17.6. The van der Waals surface area contributed by atoms with Crippen LogP contribution in [0.4, 0.5) is 0 Å². The maximum absolute atomic E-state index is 15.1. The average Bonchev–Trinajstić information content (AvgIpc) is 3.98. The number of carbonyl (C=O) groups excluding carboxylic acids is 5. The molecule has 78 heavy (non-hydrogen) atoms. The molecule has 428 valence electrons. The summed E-state index contributed by atoms with van der Waals surface area (Å²) in [6.07, 6.45) is 12.8. The van der Waals surface area contributed by atoms with Gasteiger partial charge in [0.2, 0.25) is 11.7 Å². The fourth-order valence-electron chi connectivity index (χ4n) is 13.0. The molecule has 17 heteroatoms. The molecule has 0 aromatic heterocycles. The highest BCUT2D eigenvalue weighted by Crippen LogP contribution is 2.50. The van der Waals surface area contributed by atoms with Crippen molar-refractivity contribution >= 4 is 35.1 Å². The number of piperidine rings is 1. The summed E-state index contributed by atoms with van der Waals surface area (Å²) >= 11 is 0. The number of aliphatic imine (C=N–C) groups is 1. The van der Waals surface area contributed by atoms with E-state index in [1.807, 2.05) is 13.8 Å². The van der Waals surface area contributed by atoms with Crippen molar-refractivity contribution in [1.29, 1.82) is 0 Å². The summed E-state index contributed by atoms with van der Waals surface area (Å²) in [5, 5.41) is 42.4. The largest absolute Gasteiger partial charge is 0.507 e.